The molecule has 0 amide bonds. The largest absolute Gasteiger partial charge is 0.481 e. The zero-order valence-corrected chi connectivity index (χ0v) is 12.0. The summed E-state index contributed by atoms with van der Waals surface area (Å²) in [6.45, 7) is 6.63. The quantitative estimate of drug-likeness (QED) is 0.907. The van der Waals surface area contributed by atoms with E-state index in [0.29, 0.717) is 6.42 Å². The van der Waals surface area contributed by atoms with Gasteiger partial charge in [0.2, 0.25) is 0 Å². The molecule has 1 unspecified atom stereocenters. The zero-order chi connectivity index (χ0) is 14.0. The lowest BCUT2D eigenvalue weighted by Crippen LogP contribution is -2.36. The fourth-order valence-electron chi connectivity index (χ4n) is 2.53. The molecule has 1 atom stereocenters. The van der Waals surface area contributed by atoms with Crippen LogP contribution in [0.25, 0.3) is 0 Å². The number of aromatic nitrogens is 3. The second-order valence-corrected chi connectivity index (χ2v) is 6.05. The van der Waals surface area contributed by atoms with E-state index in [1.54, 1.807) is 6.92 Å². The van der Waals surface area contributed by atoms with Crippen LogP contribution in [0.4, 0.5) is 0 Å². The average Bonchev–Trinajstić information content (AvgIpc) is 2.59. The van der Waals surface area contributed by atoms with Crippen molar-refractivity contribution in [2.45, 2.75) is 59.4 Å². The number of carboxylic acids is 1. The molecule has 0 spiro atoms. The number of rotatable bonds is 4. The van der Waals surface area contributed by atoms with Gasteiger partial charge in [0.05, 0.1) is 5.41 Å². The van der Waals surface area contributed by atoms with Gasteiger partial charge in [0.25, 0.3) is 0 Å². The normalized spacial score (nSPS) is 18.7. The van der Waals surface area contributed by atoms with Crippen LogP contribution in [0.3, 0.4) is 0 Å². The number of fused-ring (bicyclic) bond motifs is 1. The standard InChI is InChI=1S/C14H23N3O2/c1-10(2)14(3,13(18)19)9-12-16-15-11-7-5-4-6-8-17(11)12/h10H,4-9H2,1-3H3,(H,18,19). The molecule has 1 aromatic rings. The van der Waals surface area contributed by atoms with Gasteiger partial charge in [-0.2, -0.15) is 0 Å². The first-order valence-corrected chi connectivity index (χ1v) is 7.09. The first-order chi connectivity index (χ1) is 8.95. The molecule has 1 aliphatic heterocycles. The summed E-state index contributed by atoms with van der Waals surface area (Å²) in [6.07, 6.45) is 4.90. The summed E-state index contributed by atoms with van der Waals surface area (Å²) in [5, 5.41) is 18.0. The molecule has 5 nitrogen and oxygen atoms in total. The topological polar surface area (TPSA) is 68.0 Å². The highest BCUT2D eigenvalue weighted by Crippen LogP contribution is 2.31. The van der Waals surface area contributed by atoms with E-state index in [2.05, 4.69) is 14.8 Å². The van der Waals surface area contributed by atoms with Gasteiger partial charge < -0.3 is 9.67 Å². The third kappa shape index (κ3) is 2.65. The van der Waals surface area contributed by atoms with Crippen LogP contribution in [-0.4, -0.2) is 25.8 Å². The van der Waals surface area contributed by atoms with E-state index >= 15 is 0 Å². The zero-order valence-electron chi connectivity index (χ0n) is 12.0. The molecule has 0 fully saturated rings. The third-order valence-electron chi connectivity index (χ3n) is 4.47. The first-order valence-electron chi connectivity index (χ1n) is 7.09. The number of carboxylic acid groups (broad SMARTS) is 1. The maximum absolute atomic E-state index is 11.6. The van der Waals surface area contributed by atoms with E-state index < -0.39 is 11.4 Å². The number of aliphatic carboxylic acids is 1. The van der Waals surface area contributed by atoms with Gasteiger partial charge >= 0.3 is 5.97 Å². The van der Waals surface area contributed by atoms with Gasteiger partial charge in [-0.05, 0) is 25.7 Å². The predicted octanol–water partition coefficient (Wildman–Crippen LogP) is 2.29. The van der Waals surface area contributed by atoms with Crippen molar-refractivity contribution in [1.29, 1.82) is 0 Å². The van der Waals surface area contributed by atoms with Gasteiger partial charge in [0.1, 0.15) is 11.6 Å². The maximum Gasteiger partial charge on any atom is 0.310 e. The van der Waals surface area contributed by atoms with Crippen LogP contribution in [0.1, 0.15) is 51.7 Å². The van der Waals surface area contributed by atoms with Gasteiger partial charge in [0.15, 0.2) is 0 Å². The fourth-order valence-corrected chi connectivity index (χ4v) is 2.53. The fraction of sp³-hybridized carbons (Fsp3) is 0.786. The monoisotopic (exact) mass is 265 g/mol. The second-order valence-electron chi connectivity index (χ2n) is 6.05. The SMILES string of the molecule is CC(C)C(C)(Cc1nnc2n1CCCCC2)C(=O)O. The van der Waals surface area contributed by atoms with E-state index in [-0.39, 0.29) is 5.92 Å². The van der Waals surface area contributed by atoms with Crippen LogP contribution in [0.5, 0.6) is 0 Å². The van der Waals surface area contributed by atoms with Crippen molar-refractivity contribution in [2.24, 2.45) is 11.3 Å². The Kier molecular flexibility index (Phi) is 3.92. The molecular formula is C14H23N3O2. The summed E-state index contributed by atoms with van der Waals surface area (Å²) in [7, 11) is 0. The molecule has 0 bridgehead atoms. The van der Waals surface area contributed by atoms with Crippen LogP contribution < -0.4 is 0 Å². The Bertz CT molecular complexity index is 467. The Labute approximate surface area is 114 Å². The Balaban J connectivity index is 2.28. The maximum atomic E-state index is 11.6. The van der Waals surface area contributed by atoms with Crippen molar-refractivity contribution < 1.29 is 9.90 Å². The summed E-state index contributed by atoms with van der Waals surface area (Å²) in [4.78, 5) is 11.6. The Hall–Kier alpha value is -1.39. The highest BCUT2D eigenvalue weighted by Gasteiger charge is 2.38. The third-order valence-corrected chi connectivity index (χ3v) is 4.47. The van der Waals surface area contributed by atoms with Crippen molar-refractivity contribution in [2.75, 3.05) is 0 Å². The average molecular weight is 265 g/mol. The number of nitrogens with zero attached hydrogens (tertiary/aromatic N) is 3. The second kappa shape index (κ2) is 5.31. The first kappa shape index (κ1) is 14.0. The van der Waals surface area contributed by atoms with E-state index in [4.69, 9.17) is 0 Å². The Morgan fingerprint density at radius 1 is 1.37 bits per heavy atom. The molecule has 0 radical (unpaired) electrons. The molecule has 1 aliphatic rings. The van der Waals surface area contributed by atoms with Crippen molar-refractivity contribution in [3.8, 4) is 0 Å². The molecule has 2 heterocycles. The van der Waals surface area contributed by atoms with Crippen molar-refractivity contribution in [3.63, 3.8) is 0 Å². The summed E-state index contributed by atoms with van der Waals surface area (Å²) in [5.41, 5.74) is -0.782. The molecule has 2 rings (SSSR count). The Morgan fingerprint density at radius 2 is 2.11 bits per heavy atom. The number of hydrogen-bond donors (Lipinski definition) is 1. The Morgan fingerprint density at radius 3 is 2.74 bits per heavy atom. The van der Waals surface area contributed by atoms with E-state index in [9.17, 15) is 9.90 Å². The smallest absolute Gasteiger partial charge is 0.310 e. The molecule has 0 aliphatic carbocycles. The lowest BCUT2D eigenvalue weighted by molar-refractivity contribution is -0.150. The van der Waals surface area contributed by atoms with Gasteiger partial charge in [-0.15, -0.1) is 10.2 Å². The molecule has 106 valence electrons. The van der Waals surface area contributed by atoms with E-state index in [1.807, 2.05) is 13.8 Å². The predicted molar refractivity (Wildman–Crippen MR) is 71.9 cm³/mol. The minimum atomic E-state index is -0.782. The summed E-state index contributed by atoms with van der Waals surface area (Å²) < 4.78 is 2.14. The molecule has 5 heteroatoms. The lowest BCUT2D eigenvalue weighted by atomic mass is 9.76. The summed E-state index contributed by atoms with van der Waals surface area (Å²) in [6, 6.07) is 0. The van der Waals surface area contributed by atoms with Crippen LogP contribution in [0, 0.1) is 11.3 Å². The van der Waals surface area contributed by atoms with Gasteiger partial charge in [-0.25, -0.2) is 0 Å². The molecule has 0 saturated heterocycles. The molecule has 1 N–H and O–H groups in total. The van der Waals surface area contributed by atoms with Crippen LogP contribution in [-0.2, 0) is 24.2 Å². The number of hydrogen-bond acceptors (Lipinski definition) is 3. The van der Waals surface area contributed by atoms with Crippen molar-refractivity contribution >= 4 is 5.97 Å². The van der Waals surface area contributed by atoms with E-state index in [0.717, 1.165) is 37.5 Å². The number of aryl methyl sites for hydroxylation is 1. The van der Waals surface area contributed by atoms with Gasteiger partial charge in [-0.1, -0.05) is 20.3 Å². The summed E-state index contributed by atoms with van der Waals surface area (Å²) in [5.74, 6) is 1.15. The highest BCUT2D eigenvalue weighted by atomic mass is 16.4. The molecule has 0 aromatic carbocycles. The molecule has 0 saturated carbocycles. The highest BCUT2D eigenvalue weighted by molar-refractivity contribution is 5.74. The minimum Gasteiger partial charge on any atom is -0.481 e. The lowest BCUT2D eigenvalue weighted by Gasteiger charge is -2.28. The van der Waals surface area contributed by atoms with E-state index in [1.165, 1.54) is 6.42 Å². The van der Waals surface area contributed by atoms with Crippen LogP contribution in [0.2, 0.25) is 0 Å². The molecule has 1 aromatic heterocycles. The van der Waals surface area contributed by atoms with Gasteiger partial charge in [-0.3, -0.25) is 4.79 Å². The summed E-state index contributed by atoms with van der Waals surface area (Å²) >= 11 is 0. The van der Waals surface area contributed by atoms with Crippen LogP contribution >= 0.6 is 0 Å². The molecular weight excluding hydrogens is 242 g/mol. The minimum absolute atomic E-state index is 0.0590. The molecule has 19 heavy (non-hydrogen) atoms. The number of carbonyl (C=O) groups is 1. The van der Waals surface area contributed by atoms with Crippen molar-refractivity contribution in [1.82, 2.24) is 14.8 Å². The van der Waals surface area contributed by atoms with Crippen molar-refractivity contribution in [3.05, 3.63) is 11.6 Å². The van der Waals surface area contributed by atoms with Crippen LogP contribution in [0.15, 0.2) is 0 Å². The van der Waals surface area contributed by atoms with Gasteiger partial charge in [0, 0.05) is 19.4 Å².